The molecule has 0 amide bonds. The third kappa shape index (κ3) is 7.05. The Morgan fingerprint density at radius 3 is 2.54 bits per heavy atom. The Bertz CT molecular complexity index is 1820. The molecule has 3 aliphatic heterocycles. The number of aryl methyl sites for hydroxylation is 2. The summed E-state index contributed by atoms with van der Waals surface area (Å²) in [6, 6.07) is 12.9. The maximum Gasteiger partial charge on any atom is 0.337 e. The molecule has 7 rings (SSSR count). The van der Waals surface area contributed by atoms with Crippen molar-refractivity contribution in [1.29, 1.82) is 0 Å². The monoisotopic (exact) mass is 658 g/mol. The second-order valence-electron chi connectivity index (χ2n) is 14.6. The van der Waals surface area contributed by atoms with Gasteiger partial charge in [0.1, 0.15) is 17.4 Å². The second-order valence-corrected chi connectivity index (χ2v) is 14.6. The third-order valence-corrected chi connectivity index (χ3v) is 9.31. The van der Waals surface area contributed by atoms with Crippen molar-refractivity contribution in [1.82, 2.24) is 14.6 Å². The summed E-state index contributed by atoms with van der Waals surface area (Å²) in [6.45, 7) is 15.4. The molecule has 48 heavy (non-hydrogen) atoms. The van der Waals surface area contributed by atoms with E-state index in [1.807, 2.05) is 77.9 Å². The van der Waals surface area contributed by atoms with Crippen LogP contribution in [0.4, 0.5) is 10.2 Å². The number of rotatable bonds is 3. The molecule has 5 heterocycles. The number of carbonyl (C=O) groups is 1. The Morgan fingerprint density at radius 1 is 1.10 bits per heavy atom. The zero-order chi connectivity index (χ0) is 34.4. The van der Waals surface area contributed by atoms with E-state index in [2.05, 4.69) is 11.8 Å². The first kappa shape index (κ1) is 33.9. The fourth-order valence-electron chi connectivity index (χ4n) is 6.83. The van der Waals surface area contributed by atoms with Gasteiger partial charge in [-0.2, -0.15) is 9.61 Å². The standard InChI is InChI=1S/C38H47FN4O5/c1-23-19-28(39)33-27-13-10-12-26(21-27)29-22-31-40-25(3)32(34(36(44)45)48-37(4,5)6)35(43(31)41-29)42-16-14-38(7,15-17-42)46-18-9-8-11-24(2)47-30(33)20-23/h10,12-13,19-22,24,34H,8-9,11,14-18H2,1-7H3,(H,44,45)/t24-,34-/m0/s1. The van der Waals surface area contributed by atoms with Gasteiger partial charge in [-0.05, 0) is 110 Å². The highest BCUT2D eigenvalue weighted by atomic mass is 19.1. The van der Waals surface area contributed by atoms with Crippen molar-refractivity contribution in [3.8, 4) is 28.1 Å². The van der Waals surface area contributed by atoms with E-state index in [-0.39, 0.29) is 17.5 Å². The molecular weight excluding hydrogens is 611 g/mol. The average molecular weight is 659 g/mol. The molecule has 0 spiro atoms. The molecule has 6 bridgehead atoms. The summed E-state index contributed by atoms with van der Waals surface area (Å²) in [5.41, 5.74) is 3.89. The van der Waals surface area contributed by atoms with Crippen molar-refractivity contribution in [3.63, 3.8) is 0 Å². The van der Waals surface area contributed by atoms with Gasteiger partial charge in [-0.25, -0.2) is 14.2 Å². The lowest BCUT2D eigenvalue weighted by Gasteiger charge is -2.41. The number of nitrogens with zero attached hydrogens (tertiary/aromatic N) is 4. The number of hydrogen-bond donors (Lipinski definition) is 1. The van der Waals surface area contributed by atoms with Crippen LogP contribution in [-0.2, 0) is 14.3 Å². The van der Waals surface area contributed by atoms with Crippen molar-refractivity contribution in [2.24, 2.45) is 0 Å². The van der Waals surface area contributed by atoms with E-state index in [0.29, 0.717) is 65.0 Å². The molecule has 256 valence electrons. The maximum atomic E-state index is 15.7. The number of carboxylic acid groups (broad SMARTS) is 1. The number of piperidine rings is 1. The van der Waals surface area contributed by atoms with Crippen molar-refractivity contribution in [2.75, 3.05) is 24.6 Å². The van der Waals surface area contributed by atoms with E-state index in [1.54, 1.807) is 4.52 Å². The highest BCUT2D eigenvalue weighted by molar-refractivity contribution is 5.80. The van der Waals surface area contributed by atoms with E-state index < -0.39 is 17.7 Å². The van der Waals surface area contributed by atoms with Crippen LogP contribution < -0.4 is 9.64 Å². The molecule has 1 N–H and O–H groups in total. The minimum absolute atomic E-state index is 0.102. The van der Waals surface area contributed by atoms with Gasteiger partial charge in [0.15, 0.2) is 11.8 Å². The van der Waals surface area contributed by atoms with Crippen LogP contribution in [0.15, 0.2) is 42.5 Å². The van der Waals surface area contributed by atoms with Gasteiger partial charge < -0.3 is 24.2 Å². The summed E-state index contributed by atoms with van der Waals surface area (Å²) in [5.74, 6) is -0.269. The third-order valence-electron chi connectivity index (χ3n) is 9.31. The summed E-state index contributed by atoms with van der Waals surface area (Å²) in [6.07, 6.45) is 2.81. The van der Waals surface area contributed by atoms with E-state index >= 15 is 4.39 Å². The van der Waals surface area contributed by atoms with Crippen LogP contribution >= 0.6 is 0 Å². The number of anilines is 1. The Balaban J connectivity index is 1.55. The molecule has 0 radical (unpaired) electrons. The van der Waals surface area contributed by atoms with E-state index in [9.17, 15) is 9.90 Å². The lowest BCUT2D eigenvalue weighted by atomic mass is 9.92. The summed E-state index contributed by atoms with van der Waals surface area (Å²) in [7, 11) is 0. The first-order valence-corrected chi connectivity index (χ1v) is 17.0. The predicted molar refractivity (Wildman–Crippen MR) is 184 cm³/mol. The van der Waals surface area contributed by atoms with Crippen LogP contribution in [-0.4, -0.2) is 62.7 Å². The normalized spacial score (nSPS) is 21.2. The molecular formula is C38H47FN4O5. The maximum absolute atomic E-state index is 15.7. The molecule has 0 aliphatic carbocycles. The molecule has 1 fully saturated rings. The number of hydrogen-bond acceptors (Lipinski definition) is 7. The molecule has 0 saturated carbocycles. The Labute approximate surface area is 282 Å². The van der Waals surface area contributed by atoms with Gasteiger partial charge in [0.05, 0.1) is 34.1 Å². The Kier molecular flexibility index (Phi) is 9.26. The average Bonchev–Trinajstić information content (AvgIpc) is 3.42. The number of halogens is 1. The van der Waals surface area contributed by atoms with Gasteiger partial charge in [0.25, 0.3) is 0 Å². The minimum atomic E-state index is -1.26. The van der Waals surface area contributed by atoms with Crippen LogP contribution in [0, 0.1) is 19.7 Å². The number of benzene rings is 2. The minimum Gasteiger partial charge on any atom is -0.490 e. The lowest BCUT2D eigenvalue weighted by Crippen LogP contribution is -2.46. The summed E-state index contributed by atoms with van der Waals surface area (Å²) in [5, 5.41) is 15.5. The predicted octanol–water partition coefficient (Wildman–Crippen LogP) is 8.09. The smallest absolute Gasteiger partial charge is 0.337 e. The van der Waals surface area contributed by atoms with Crippen molar-refractivity contribution < 1.29 is 28.5 Å². The van der Waals surface area contributed by atoms with Crippen molar-refractivity contribution >= 4 is 17.4 Å². The molecule has 4 aromatic rings. The van der Waals surface area contributed by atoms with Gasteiger partial charge in [-0.15, -0.1) is 0 Å². The quantitative estimate of drug-likeness (QED) is 0.236. The first-order chi connectivity index (χ1) is 22.7. The Morgan fingerprint density at radius 2 is 1.83 bits per heavy atom. The number of fused-ring (bicyclic) bond motifs is 8. The second kappa shape index (κ2) is 13.1. The molecule has 3 aliphatic rings. The molecule has 1 saturated heterocycles. The topological polar surface area (TPSA) is 98.4 Å². The lowest BCUT2D eigenvalue weighted by molar-refractivity contribution is -0.160. The van der Waals surface area contributed by atoms with Crippen LogP contribution in [0.1, 0.15) is 89.6 Å². The number of aromatic nitrogens is 3. The van der Waals surface area contributed by atoms with Crippen molar-refractivity contribution in [3.05, 3.63) is 65.1 Å². The summed E-state index contributed by atoms with van der Waals surface area (Å²) < 4.78 is 36.5. The van der Waals surface area contributed by atoms with E-state index in [1.165, 1.54) is 6.07 Å². The fourth-order valence-corrected chi connectivity index (χ4v) is 6.83. The SMILES string of the molecule is Cc1cc(F)c2c(c1)O[C@@H](C)CCCCOC1(C)CCN(CC1)c1c([C@H](OC(C)(C)C)C(=O)O)c(C)nc3cc(nn13)-c1cccc-2c1. The van der Waals surface area contributed by atoms with Crippen LogP contribution in [0.3, 0.4) is 0 Å². The Hall–Kier alpha value is -4.02. The zero-order valence-corrected chi connectivity index (χ0v) is 29.1. The summed E-state index contributed by atoms with van der Waals surface area (Å²) in [4.78, 5) is 19.9. The van der Waals surface area contributed by atoms with Gasteiger partial charge in [0, 0.05) is 37.0 Å². The highest BCUT2D eigenvalue weighted by Gasteiger charge is 2.38. The van der Waals surface area contributed by atoms with Crippen LogP contribution in [0.5, 0.6) is 5.75 Å². The number of ether oxygens (including phenoxy) is 3. The van der Waals surface area contributed by atoms with Gasteiger partial charge in [0.2, 0.25) is 0 Å². The number of aliphatic carboxylic acids is 1. The van der Waals surface area contributed by atoms with Crippen LogP contribution in [0.2, 0.25) is 0 Å². The molecule has 2 aromatic carbocycles. The highest BCUT2D eigenvalue weighted by Crippen LogP contribution is 2.40. The molecule has 2 atom stereocenters. The van der Waals surface area contributed by atoms with Gasteiger partial charge in [-0.3, -0.25) is 0 Å². The van der Waals surface area contributed by atoms with Crippen molar-refractivity contribution in [2.45, 2.75) is 104 Å². The first-order valence-electron chi connectivity index (χ1n) is 17.0. The fraction of sp³-hybridized carbons (Fsp3) is 0.500. The van der Waals surface area contributed by atoms with E-state index in [0.717, 1.165) is 43.2 Å². The largest absolute Gasteiger partial charge is 0.490 e. The van der Waals surface area contributed by atoms with E-state index in [4.69, 9.17) is 24.3 Å². The molecule has 0 unspecified atom stereocenters. The van der Waals surface area contributed by atoms with Gasteiger partial charge >= 0.3 is 5.97 Å². The molecule has 10 heteroatoms. The molecule has 9 nitrogen and oxygen atoms in total. The molecule has 2 aromatic heterocycles. The zero-order valence-electron chi connectivity index (χ0n) is 29.1. The van der Waals surface area contributed by atoms with Gasteiger partial charge in [-0.1, -0.05) is 18.2 Å². The van der Waals surface area contributed by atoms with Crippen LogP contribution in [0.25, 0.3) is 28.0 Å². The summed E-state index contributed by atoms with van der Waals surface area (Å²) >= 11 is 0. The number of carboxylic acids is 1.